The van der Waals surface area contributed by atoms with Crippen LogP contribution in [0.5, 0.6) is 0 Å². The van der Waals surface area contributed by atoms with Crippen molar-refractivity contribution in [2.45, 2.75) is 39.2 Å². The molecule has 2 unspecified atom stereocenters. The molecule has 0 heterocycles. The van der Waals surface area contributed by atoms with Gasteiger partial charge in [0.2, 0.25) is 11.8 Å². The maximum atomic E-state index is 11.9. The molecule has 1 saturated carbocycles. The van der Waals surface area contributed by atoms with E-state index in [9.17, 15) is 9.59 Å². The van der Waals surface area contributed by atoms with Gasteiger partial charge in [0.05, 0.1) is 5.41 Å². The minimum Gasteiger partial charge on any atom is -0.359 e. The second kappa shape index (κ2) is 5.49. The van der Waals surface area contributed by atoms with E-state index in [4.69, 9.17) is 5.73 Å². The number of carbonyl (C=O) groups is 2. The molecule has 1 aliphatic rings. The average Bonchev–Trinajstić information content (AvgIpc) is 2.71. The van der Waals surface area contributed by atoms with Crippen LogP contribution in [0.15, 0.2) is 0 Å². The van der Waals surface area contributed by atoms with Gasteiger partial charge in [0, 0.05) is 25.6 Å². The predicted octanol–water partition coefficient (Wildman–Crippen LogP) is 0.00220. The zero-order valence-corrected chi connectivity index (χ0v) is 10.9. The van der Waals surface area contributed by atoms with E-state index in [1.165, 1.54) is 0 Å². The summed E-state index contributed by atoms with van der Waals surface area (Å²) >= 11 is 0. The van der Waals surface area contributed by atoms with Gasteiger partial charge in [-0.3, -0.25) is 9.59 Å². The minimum atomic E-state index is -0.578. The molecule has 0 aromatic carbocycles. The van der Waals surface area contributed by atoms with E-state index in [0.717, 1.165) is 19.3 Å². The lowest BCUT2D eigenvalue weighted by Gasteiger charge is -2.23. The maximum absolute atomic E-state index is 11.9. The Morgan fingerprint density at radius 2 is 2.00 bits per heavy atom. The molecule has 2 amide bonds. The smallest absolute Gasteiger partial charge is 0.227 e. The Labute approximate surface area is 103 Å². The Kier molecular flexibility index (Phi) is 4.51. The number of carbonyl (C=O) groups excluding carboxylic acids is 2. The Morgan fingerprint density at radius 1 is 1.35 bits per heavy atom. The fourth-order valence-electron chi connectivity index (χ4n) is 2.13. The van der Waals surface area contributed by atoms with Gasteiger partial charge in [-0.25, -0.2) is 0 Å². The third-order valence-electron chi connectivity index (χ3n) is 3.39. The van der Waals surface area contributed by atoms with Crippen LogP contribution in [0.3, 0.4) is 0 Å². The maximum Gasteiger partial charge on any atom is 0.227 e. The summed E-state index contributed by atoms with van der Waals surface area (Å²) in [6, 6.07) is 0.151. The molecule has 1 fully saturated rings. The number of amides is 2. The number of rotatable bonds is 4. The number of hydrogen-bond acceptors (Lipinski definition) is 3. The molecule has 17 heavy (non-hydrogen) atoms. The Morgan fingerprint density at radius 3 is 2.47 bits per heavy atom. The molecular formula is C12H23N3O2. The first-order chi connectivity index (χ1) is 7.86. The normalized spacial score (nSPS) is 24.5. The lowest BCUT2D eigenvalue weighted by Crippen LogP contribution is -2.45. The van der Waals surface area contributed by atoms with Crippen molar-refractivity contribution in [2.75, 3.05) is 13.6 Å². The van der Waals surface area contributed by atoms with Crippen molar-refractivity contribution in [1.82, 2.24) is 10.6 Å². The fourth-order valence-corrected chi connectivity index (χ4v) is 2.13. The second-order valence-electron chi connectivity index (χ2n) is 5.45. The summed E-state index contributed by atoms with van der Waals surface area (Å²) in [5.74, 6) is -0.0265. The summed E-state index contributed by atoms with van der Waals surface area (Å²) in [5.41, 5.74) is 5.19. The Hall–Kier alpha value is -1.10. The summed E-state index contributed by atoms with van der Waals surface area (Å²) in [6.07, 6.45) is 2.52. The molecule has 0 aromatic rings. The van der Waals surface area contributed by atoms with Crippen LogP contribution in [0, 0.1) is 11.3 Å². The van der Waals surface area contributed by atoms with Crippen LogP contribution in [0.25, 0.3) is 0 Å². The zero-order chi connectivity index (χ0) is 13.1. The average molecular weight is 241 g/mol. The largest absolute Gasteiger partial charge is 0.359 e. The van der Waals surface area contributed by atoms with Crippen molar-refractivity contribution in [3.63, 3.8) is 0 Å². The first-order valence-corrected chi connectivity index (χ1v) is 6.12. The molecule has 0 bridgehead atoms. The summed E-state index contributed by atoms with van der Waals surface area (Å²) in [4.78, 5) is 23.4. The molecule has 0 aromatic heterocycles. The molecule has 4 N–H and O–H groups in total. The molecule has 1 aliphatic carbocycles. The lowest BCUT2D eigenvalue weighted by atomic mass is 9.92. The van der Waals surface area contributed by atoms with Crippen molar-refractivity contribution < 1.29 is 9.59 Å². The zero-order valence-electron chi connectivity index (χ0n) is 10.9. The van der Waals surface area contributed by atoms with E-state index < -0.39 is 5.41 Å². The summed E-state index contributed by atoms with van der Waals surface area (Å²) < 4.78 is 0. The van der Waals surface area contributed by atoms with Crippen molar-refractivity contribution >= 4 is 11.8 Å². The van der Waals surface area contributed by atoms with Gasteiger partial charge in [-0.1, -0.05) is 0 Å². The van der Waals surface area contributed by atoms with Crippen LogP contribution in [0.4, 0.5) is 0 Å². The lowest BCUT2D eigenvalue weighted by molar-refractivity contribution is -0.130. The van der Waals surface area contributed by atoms with Gasteiger partial charge in [-0.05, 0) is 33.1 Å². The van der Waals surface area contributed by atoms with Crippen LogP contribution in [-0.4, -0.2) is 31.4 Å². The van der Waals surface area contributed by atoms with Crippen LogP contribution < -0.4 is 16.4 Å². The summed E-state index contributed by atoms with van der Waals surface area (Å²) in [6.45, 7) is 3.98. The Bertz CT molecular complexity index is 302. The van der Waals surface area contributed by atoms with Crippen molar-refractivity contribution in [1.29, 1.82) is 0 Å². The molecule has 2 atom stereocenters. The summed E-state index contributed by atoms with van der Waals surface area (Å²) in [5, 5.41) is 5.44. The first-order valence-electron chi connectivity index (χ1n) is 6.12. The monoisotopic (exact) mass is 241 g/mol. The third-order valence-corrected chi connectivity index (χ3v) is 3.39. The molecular weight excluding hydrogens is 218 g/mol. The highest BCUT2D eigenvalue weighted by Gasteiger charge is 2.31. The summed E-state index contributed by atoms with van der Waals surface area (Å²) in [7, 11) is 1.60. The van der Waals surface area contributed by atoms with Crippen LogP contribution >= 0.6 is 0 Å². The molecule has 5 nitrogen and oxygen atoms in total. The van der Waals surface area contributed by atoms with Crippen LogP contribution in [-0.2, 0) is 9.59 Å². The van der Waals surface area contributed by atoms with Crippen molar-refractivity contribution in [3.8, 4) is 0 Å². The molecule has 0 radical (unpaired) electrons. The molecule has 98 valence electrons. The van der Waals surface area contributed by atoms with Gasteiger partial charge in [-0.15, -0.1) is 0 Å². The standard InChI is InChI=1S/C12H23N3O2/c1-12(2,11(17)14-3)7-15-10(16)8-4-5-9(13)6-8/h8-9H,4-7,13H2,1-3H3,(H,14,17)(H,15,16). The van der Waals surface area contributed by atoms with E-state index in [1.54, 1.807) is 7.05 Å². The number of nitrogens with two attached hydrogens (primary N) is 1. The molecule has 0 saturated heterocycles. The van der Waals surface area contributed by atoms with Gasteiger partial charge in [0.1, 0.15) is 0 Å². The highest BCUT2D eigenvalue weighted by atomic mass is 16.2. The van der Waals surface area contributed by atoms with E-state index in [2.05, 4.69) is 10.6 Å². The quantitative estimate of drug-likeness (QED) is 0.648. The van der Waals surface area contributed by atoms with E-state index in [1.807, 2.05) is 13.8 Å². The Balaban J connectivity index is 2.40. The number of hydrogen-bond donors (Lipinski definition) is 3. The predicted molar refractivity (Wildman–Crippen MR) is 66.2 cm³/mol. The van der Waals surface area contributed by atoms with E-state index >= 15 is 0 Å². The van der Waals surface area contributed by atoms with Crippen molar-refractivity contribution in [2.24, 2.45) is 17.1 Å². The molecule has 0 aliphatic heterocycles. The van der Waals surface area contributed by atoms with Gasteiger partial charge >= 0.3 is 0 Å². The number of nitrogens with one attached hydrogen (secondary N) is 2. The first kappa shape index (κ1) is 14.0. The van der Waals surface area contributed by atoms with Crippen LogP contribution in [0.1, 0.15) is 33.1 Å². The van der Waals surface area contributed by atoms with Crippen LogP contribution in [0.2, 0.25) is 0 Å². The highest BCUT2D eigenvalue weighted by Crippen LogP contribution is 2.24. The topological polar surface area (TPSA) is 84.2 Å². The van der Waals surface area contributed by atoms with Crippen molar-refractivity contribution in [3.05, 3.63) is 0 Å². The molecule has 1 rings (SSSR count). The van der Waals surface area contributed by atoms with E-state index in [-0.39, 0.29) is 23.8 Å². The third kappa shape index (κ3) is 3.70. The second-order valence-corrected chi connectivity index (χ2v) is 5.45. The van der Waals surface area contributed by atoms with E-state index in [0.29, 0.717) is 6.54 Å². The fraction of sp³-hybridized carbons (Fsp3) is 0.833. The highest BCUT2D eigenvalue weighted by molar-refractivity contribution is 5.83. The van der Waals surface area contributed by atoms with Gasteiger partial charge in [0.25, 0.3) is 0 Å². The minimum absolute atomic E-state index is 0.0190. The molecule has 5 heteroatoms. The van der Waals surface area contributed by atoms with Gasteiger partial charge < -0.3 is 16.4 Å². The van der Waals surface area contributed by atoms with Gasteiger partial charge in [-0.2, -0.15) is 0 Å². The SMILES string of the molecule is CNC(=O)C(C)(C)CNC(=O)C1CCC(N)C1. The van der Waals surface area contributed by atoms with Gasteiger partial charge in [0.15, 0.2) is 0 Å². The molecule has 0 spiro atoms.